The van der Waals surface area contributed by atoms with Crippen LogP contribution >= 0.6 is 0 Å². The van der Waals surface area contributed by atoms with Crippen LogP contribution in [0.5, 0.6) is 5.75 Å². The molecule has 0 aromatic heterocycles. The Morgan fingerprint density at radius 1 is 0.960 bits per heavy atom. The second-order valence-corrected chi connectivity index (χ2v) is 4.80. The minimum absolute atomic E-state index is 0.0803. The number of ether oxygens (including phenoxy) is 1. The van der Waals surface area contributed by atoms with E-state index in [1.807, 2.05) is 10.9 Å². The van der Waals surface area contributed by atoms with Crippen LogP contribution in [0, 0.1) is 5.82 Å². The topological polar surface area (TPSA) is 67.4 Å². The van der Waals surface area contributed by atoms with Crippen LogP contribution in [-0.2, 0) is 11.0 Å². The van der Waals surface area contributed by atoms with Gasteiger partial charge in [-0.25, -0.2) is 4.39 Å². The van der Waals surface area contributed by atoms with E-state index in [4.69, 9.17) is 4.74 Å². The molecule has 0 atom stereocenters. The molecular formula is C16H12F4N2O3. The normalized spacial score (nSPS) is 10.9. The van der Waals surface area contributed by atoms with E-state index in [0.29, 0.717) is 0 Å². The second-order valence-electron chi connectivity index (χ2n) is 4.80. The van der Waals surface area contributed by atoms with Gasteiger partial charge in [-0.2, -0.15) is 13.2 Å². The van der Waals surface area contributed by atoms with Crippen LogP contribution in [0.4, 0.5) is 17.6 Å². The van der Waals surface area contributed by atoms with Gasteiger partial charge in [0, 0.05) is 5.56 Å². The highest BCUT2D eigenvalue weighted by Gasteiger charge is 2.30. The zero-order valence-electron chi connectivity index (χ0n) is 12.6. The molecule has 0 aliphatic rings. The first kappa shape index (κ1) is 18.2. The third-order valence-corrected chi connectivity index (χ3v) is 2.99. The molecule has 2 N–H and O–H groups in total. The smallest absolute Gasteiger partial charge is 0.416 e. The van der Waals surface area contributed by atoms with Gasteiger partial charge < -0.3 is 4.74 Å². The van der Waals surface area contributed by atoms with Crippen molar-refractivity contribution in [3.63, 3.8) is 0 Å². The highest BCUT2D eigenvalue weighted by atomic mass is 19.4. The largest absolute Gasteiger partial charge is 0.481 e. The Morgan fingerprint density at radius 2 is 1.60 bits per heavy atom. The number of para-hydroxylation sites is 1. The van der Waals surface area contributed by atoms with Crippen molar-refractivity contribution in [2.45, 2.75) is 6.18 Å². The standard InChI is InChI=1S/C16H12F4N2O3/c17-12-3-1-2-4-13(12)25-9-14(23)21-22-15(24)10-5-7-11(8-6-10)16(18,19)20/h1-8H,9H2,(H,21,23)(H,22,24). The fourth-order valence-electron chi connectivity index (χ4n) is 1.75. The van der Waals surface area contributed by atoms with Gasteiger partial charge in [-0.05, 0) is 36.4 Å². The predicted molar refractivity (Wildman–Crippen MR) is 78.9 cm³/mol. The monoisotopic (exact) mass is 356 g/mol. The summed E-state index contributed by atoms with van der Waals surface area (Å²) < 4.78 is 55.5. The molecule has 2 rings (SSSR count). The fourth-order valence-corrected chi connectivity index (χ4v) is 1.75. The summed E-state index contributed by atoms with van der Waals surface area (Å²) in [7, 11) is 0. The third kappa shape index (κ3) is 5.20. The highest BCUT2D eigenvalue weighted by Crippen LogP contribution is 2.29. The number of alkyl halides is 3. The summed E-state index contributed by atoms with van der Waals surface area (Å²) in [6, 6.07) is 8.88. The molecule has 0 aliphatic carbocycles. The maximum atomic E-state index is 13.3. The lowest BCUT2D eigenvalue weighted by atomic mass is 10.1. The fraction of sp³-hybridized carbons (Fsp3) is 0.125. The van der Waals surface area contributed by atoms with Gasteiger partial charge >= 0.3 is 6.18 Å². The zero-order valence-corrected chi connectivity index (χ0v) is 12.6. The Balaban J connectivity index is 1.83. The Morgan fingerprint density at radius 3 is 2.20 bits per heavy atom. The van der Waals surface area contributed by atoms with Gasteiger partial charge in [0.15, 0.2) is 18.2 Å². The molecule has 0 saturated heterocycles. The van der Waals surface area contributed by atoms with Crippen molar-refractivity contribution in [2.75, 3.05) is 6.61 Å². The molecule has 0 fully saturated rings. The van der Waals surface area contributed by atoms with Crippen molar-refractivity contribution in [1.82, 2.24) is 10.9 Å². The van der Waals surface area contributed by atoms with Gasteiger partial charge in [0.05, 0.1) is 5.56 Å². The van der Waals surface area contributed by atoms with Crippen LogP contribution in [0.2, 0.25) is 0 Å². The maximum absolute atomic E-state index is 13.3. The van der Waals surface area contributed by atoms with Crippen LogP contribution in [0.15, 0.2) is 48.5 Å². The van der Waals surface area contributed by atoms with Crippen LogP contribution in [0.1, 0.15) is 15.9 Å². The van der Waals surface area contributed by atoms with E-state index in [1.54, 1.807) is 0 Å². The first-order chi connectivity index (χ1) is 11.8. The van der Waals surface area contributed by atoms with Crippen LogP contribution in [0.3, 0.4) is 0 Å². The molecule has 0 unspecified atom stereocenters. The molecule has 9 heteroatoms. The first-order valence-electron chi connectivity index (χ1n) is 6.91. The molecule has 5 nitrogen and oxygen atoms in total. The quantitative estimate of drug-likeness (QED) is 0.654. The second kappa shape index (κ2) is 7.65. The number of hydrazine groups is 1. The maximum Gasteiger partial charge on any atom is 0.416 e. The number of benzene rings is 2. The lowest BCUT2D eigenvalue weighted by molar-refractivity contribution is -0.137. The van der Waals surface area contributed by atoms with Crippen molar-refractivity contribution in [3.8, 4) is 5.75 Å². The Bertz CT molecular complexity index is 761. The average Bonchev–Trinajstić information content (AvgIpc) is 2.58. The molecule has 132 valence electrons. The summed E-state index contributed by atoms with van der Waals surface area (Å²) >= 11 is 0. The molecular weight excluding hydrogens is 344 g/mol. The molecule has 25 heavy (non-hydrogen) atoms. The Labute approximate surface area is 139 Å². The zero-order chi connectivity index (χ0) is 18.4. The summed E-state index contributed by atoms with van der Waals surface area (Å²) in [5.74, 6) is -2.37. The van der Waals surface area contributed by atoms with Gasteiger partial charge in [-0.15, -0.1) is 0 Å². The molecule has 0 saturated carbocycles. The van der Waals surface area contributed by atoms with E-state index < -0.39 is 36.0 Å². The summed E-state index contributed by atoms with van der Waals surface area (Å²) in [6.45, 7) is -0.561. The molecule has 2 aromatic rings. The van der Waals surface area contributed by atoms with E-state index >= 15 is 0 Å². The van der Waals surface area contributed by atoms with Gasteiger partial charge in [-0.1, -0.05) is 12.1 Å². The van der Waals surface area contributed by atoms with Crippen molar-refractivity contribution >= 4 is 11.8 Å². The van der Waals surface area contributed by atoms with E-state index in [0.717, 1.165) is 30.3 Å². The first-order valence-corrected chi connectivity index (χ1v) is 6.91. The molecule has 0 radical (unpaired) electrons. The number of rotatable bonds is 4. The number of amides is 2. The lowest BCUT2D eigenvalue weighted by Gasteiger charge is -2.10. The van der Waals surface area contributed by atoms with Gasteiger partial charge in [0.25, 0.3) is 11.8 Å². The molecule has 0 heterocycles. The predicted octanol–water partition coefficient (Wildman–Crippen LogP) is 2.68. The van der Waals surface area contributed by atoms with Gasteiger partial charge in [0.2, 0.25) is 0 Å². The van der Waals surface area contributed by atoms with E-state index in [1.165, 1.54) is 18.2 Å². The van der Waals surface area contributed by atoms with Crippen molar-refractivity contribution in [2.24, 2.45) is 0 Å². The van der Waals surface area contributed by atoms with Crippen LogP contribution < -0.4 is 15.6 Å². The van der Waals surface area contributed by atoms with Crippen molar-refractivity contribution in [3.05, 3.63) is 65.5 Å². The summed E-state index contributed by atoms with van der Waals surface area (Å²) in [5, 5.41) is 0. The summed E-state index contributed by atoms with van der Waals surface area (Å²) in [5.41, 5.74) is 3.04. The number of halogens is 4. The highest BCUT2D eigenvalue weighted by molar-refractivity contribution is 5.95. The average molecular weight is 356 g/mol. The van der Waals surface area contributed by atoms with E-state index in [2.05, 4.69) is 0 Å². The number of hydrogen-bond acceptors (Lipinski definition) is 3. The number of nitrogens with one attached hydrogen (secondary N) is 2. The van der Waals surface area contributed by atoms with Crippen LogP contribution in [0.25, 0.3) is 0 Å². The molecule has 2 amide bonds. The minimum atomic E-state index is -4.51. The van der Waals surface area contributed by atoms with Crippen molar-refractivity contribution in [1.29, 1.82) is 0 Å². The number of carbonyl (C=O) groups excluding carboxylic acids is 2. The Hall–Kier alpha value is -3.10. The van der Waals surface area contributed by atoms with E-state index in [9.17, 15) is 27.2 Å². The molecule has 0 spiro atoms. The van der Waals surface area contributed by atoms with Gasteiger partial charge in [-0.3, -0.25) is 20.4 Å². The number of carbonyl (C=O) groups is 2. The lowest BCUT2D eigenvalue weighted by Crippen LogP contribution is -2.43. The number of hydrogen-bond donors (Lipinski definition) is 2. The molecule has 2 aromatic carbocycles. The summed E-state index contributed by atoms with van der Waals surface area (Å²) in [6.07, 6.45) is -4.51. The van der Waals surface area contributed by atoms with Crippen LogP contribution in [-0.4, -0.2) is 18.4 Å². The molecule has 0 bridgehead atoms. The van der Waals surface area contributed by atoms with Gasteiger partial charge in [0.1, 0.15) is 0 Å². The van der Waals surface area contributed by atoms with E-state index in [-0.39, 0.29) is 11.3 Å². The van der Waals surface area contributed by atoms with Crippen molar-refractivity contribution < 1.29 is 31.9 Å². The molecule has 0 aliphatic heterocycles. The summed E-state index contributed by atoms with van der Waals surface area (Å²) in [4.78, 5) is 23.3. The minimum Gasteiger partial charge on any atom is -0.481 e. The SMILES string of the molecule is O=C(COc1ccccc1F)NNC(=O)c1ccc(C(F)(F)F)cc1. The third-order valence-electron chi connectivity index (χ3n) is 2.99. The Kier molecular flexibility index (Phi) is 5.58.